The lowest BCUT2D eigenvalue weighted by Crippen LogP contribution is -2.56. The topological polar surface area (TPSA) is 69.2 Å². The lowest BCUT2D eigenvalue weighted by molar-refractivity contribution is -0.906. The van der Waals surface area contributed by atoms with Crippen LogP contribution in [0.2, 0.25) is 0 Å². The molecule has 1 N–H and O–H groups in total. The van der Waals surface area contributed by atoms with Crippen molar-refractivity contribution in [3.63, 3.8) is 0 Å². The quantitative estimate of drug-likeness (QED) is 0.413. The second-order valence-electron chi connectivity index (χ2n) is 6.83. The number of amides is 1. The Bertz CT molecular complexity index is 330. The van der Waals surface area contributed by atoms with E-state index in [0.29, 0.717) is 17.4 Å². The van der Waals surface area contributed by atoms with Crippen LogP contribution in [0.25, 0.3) is 0 Å². The third-order valence-electron chi connectivity index (χ3n) is 4.33. The van der Waals surface area contributed by atoms with Gasteiger partial charge in [-0.05, 0) is 13.3 Å². The van der Waals surface area contributed by atoms with Crippen LogP contribution in [-0.4, -0.2) is 49.6 Å². The van der Waals surface area contributed by atoms with E-state index in [4.69, 9.17) is 0 Å². The smallest absolute Gasteiger partial charge is 0.220 e. The molecule has 0 saturated carbocycles. The molecule has 0 aliphatic rings. The Morgan fingerprint density at radius 1 is 1.05 bits per heavy atom. The van der Waals surface area contributed by atoms with Crippen LogP contribution in [0.15, 0.2) is 0 Å². The minimum Gasteiger partial charge on any atom is -0.544 e. The van der Waals surface area contributed by atoms with Gasteiger partial charge in [0.1, 0.15) is 12.6 Å². The van der Waals surface area contributed by atoms with Crippen molar-refractivity contribution in [2.45, 2.75) is 71.3 Å². The average Bonchev–Trinajstić information content (AvgIpc) is 2.42. The van der Waals surface area contributed by atoms with E-state index < -0.39 is 5.97 Å². The summed E-state index contributed by atoms with van der Waals surface area (Å²) in [7, 11) is 3.67. The Balaban J connectivity index is 3.74. The number of unbranched alkanes of at least 4 members (excludes halogenated alkanes) is 6. The zero-order valence-corrected chi connectivity index (χ0v) is 14.8. The number of carbonyl (C=O) groups excluding carboxylic acids is 2. The summed E-state index contributed by atoms with van der Waals surface area (Å²) in [5.41, 5.74) is 0. The monoisotopic (exact) mass is 314 g/mol. The maximum absolute atomic E-state index is 11.8. The van der Waals surface area contributed by atoms with Gasteiger partial charge in [0, 0.05) is 6.42 Å². The molecule has 0 aromatic heterocycles. The van der Waals surface area contributed by atoms with Gasteiger partial charge < -0.3 is 19.7 Å². The van der Waals surface area contributed by atoms with Gasteiger partial charge in [-0.3, -0.25) is 4.79 Å². The summed E-state index contributed by atoms with van der Waals surface area (Å²) >= 11 is 0. The largest absolute Gasteiger partial charge is 0.544 e. The number of likely N-dealkylation sites (N-methyl/N-ethyl adjacent to an activating group) is 1. The molecule has 130 valence electrons. The van der Waals surface area contributed by atoms with Gasteiger partial charge in [-0.25, -0.2) is 0 Å². The van der Waals surface area contributed by atoms with Crippen LogP contribution in [-0.2, 0) is 9.59 Å². The predicted molar refractivity (Wildman–Crippen MR) is 87.1 cm³/mol. The van der Waals surface area contributed by atoms with Crippen molar-refractivity contribution in [1.82, 2.24) is 5.32 Å². The van der Waals surface area contributed by atoms with Gasteiger partial charge in [-0.1, -0.05) is 45.4 Å². The number of nitrogens with one attached hydrogen (secondary N) is 1. The number of hydrogen-bond acceptors (Lipinski definition) is 3. The molecule has 0 aromatic rings. The summed E-state index contributed by atoms with van der Waals surface area (Å²) < 4.78 is 0.306. The van der Waals surface area contributed by atoms with E-state index in [2.05, 4.69) is 12.2 Å². The second-order valence-corrected chi connectivity index (χ2v) is 6.83. The van der Waals surface area contributed by atoms with Crippen molar-refractivity contribution in [2.75, 3.05) is 27.2 Å². The first kappa shape index (κ1) is 20.9. The molecule has 22 heavy (non-hydrogen) atoms. The van der Waals surface area contributed by atoms with Crippen molar-refractivity contribution in [2.24, 2.45) is 0 Å². The zero-order chi connectivity index (χ0) is 17.0. The molecule has 0 aliphatic heterocycles. The molecule has 0 aromatic carbocycles. The molecule has 1 atom stereocenters. The van der Waals surface area contributed by atoms with Gasteiger partial charge in [0.25, 0.3) is 0 Å². The number of carbonyl (C=O) groups is 2. The van der Waals surface area contributed by atoms with Gasteiger partial charge in [0.15, 0.2) is 0 Å². The molecule has 0 rings (SSSR count). The fourth-order valence-electron chi connectivity index (χ4n) is 2.33. The van der Waals surface area contributed by atoms with E-state index in [0.717, 1.165) is 12.8 Å². The third kappa shape index (κ3) is 10.6. The Morgan fingerprint density at radius 3 is 2.14 bits per heavy atom. The van der Waals surface area contributed by atoms with Gasteiger partial charge in [-0.2, -0.15) is 0 Å². The molecule has 0 bridgehead atoms. The first-order valence-electron chi connectivity index (χ1n) is 8.58. The van der Waals surface area contributed by atoms with E-state index in [1.54, 1.807) is 0 Å². The summed E-state index contributed by atoms with van der Waals surface area (Å²) in [6.07, 6.45) is 8.94. The molecule has 0 saturated heterocycles. The minimum atomic E-state index is -1.06. The van der Waals surface area contributed by atoms with Crippen LogP contribution in [0.1, 0.15) is 65.2 Å². The van der Waals surface area contributed by atoms with Gasteiger partial charge >= 0.3 is 0 Å². The Morgan fingerprint density at radius 2 is 1.59 bits per heavy atom. The molecule has 0 aliphatic carbocycles. The summed E-state index contributed by atoms with van der Waals surface area (Å²) in [6, 6.07) is 0.0379. The number of aliphatic carboxylic acids is 1. The molecule has 1 amide bonds. The molecule has 0 spiro atoms. The highest BCUT2D eigenvalue weighted by Gasteiger charge is 2.24. The number of rotatable bonds is 13. The molecule has 5 heteroatoms. The van der Waals surface area contributed by atoms with Crippen molar-refractivity contribution in [3.05, 3.63) is 0 Å². The fraction of sp³-hybridized carbons (Fsp3) is 0.882. The lowest BCUT2D eigenvalue weighted by atomic mass is 10.1. The van der Waals surface area contributed by atoms with Crippen LogP contribution in [0.3, 0.4) is 0 Å². The van der Waals surface area contributed by atoms with Gasteiger partial charge in [0.2, 0.25) is 5.91 Å². The Kier molecular flexibility index (Phi) is 10.9. The van der Waals surface area contributed by atoms with E-state index in [1.807, 2.05) is 21.0 Å². The highest BCUT2D eigenvalue weighted by molar-refractivity contribution is 5.75. The number of carboxylic acids is 1. The van der Waals surface area contributed by atoms with Crippen molar-refractivity contribution < 1.29 is 19.2 Å². The van der Waals surface area contributed by atoms with Gasteiger partial charge in [0.05, 0.1) is 26.6 Å². The SMILES string of the molecule is CCCCCCCCCC(=O)NCC(C)[N+](C)(C)CC(=O)[O-]. The molecular formula is C17H34N2O3. The third-order valence-corrected chi connectivity index (χ3v) is 4.33. The molecular weight excluding hydrogens is 280 g/mol. The lowest BCUT2D eigenvalue weighted by Gasteiger charge is -2.36. The number of quaternary nitrogens is 1. The highest BCUT2D eigenvalue weighted by Crippen LogP contribution is 2.08. The summed E-state index contributed by atoms with van der Waals surface area (Å²) in [6.45, 7) is 4.60. The number of carboxylic acid groups (broad SMARTS) is 1. The van der Waals surface area contributed by atoms with Crippen LogP contribution < -0.4 is 10.4 Å². The zero-order valence-electron chi connectivity index (χ0n) is 14.8. The molecule has 1 unspecified atom stereocenters. The van der Waals surface area contributed by atoms with E-state index in [-0.39, 0.29) is 18.5 Å². The number of nitrogens with zero attached hydrogens (tertiary/aromatic N) is 1. The fourth-order valence-corrected chi connectivity index (χ4v) is 2.33. The van der Waals surface area contributed by atoms with E-state index in [9.17, 15) is 14.7 Å². The Labute approximate surface area is 135 Å². The standard InChI is InChI=1S/C17H34N2O3/c1-5-6-7-8-9-10-11-12-16(20)18-13-15(2)19(3,4)14-17(21)22/h15H,5-14H2,1-4H3,(H-,18,20,21,22). The van der Waals surface area contributed by atoms with E-state index in [1.165, 1.54) is 32.1 Å². The first-order chi connectivity index (χ1) is 10.3. The van der Waals surface area contributed by atoms with Crippen molar-refractivity contribution in [3.8, 4) is 0 Å². The molecule has 5 nitrogen and oxygen atoms in total. The summed E-state index contributed by atoms with van der Waals surface area (Å²) in [5, 5.41) is 13.6. The van der Waals surface area contributed by atoms with Crippen LogP contribution in [0.4, 0.5) is 0 Å². The minimum absolute atomic E-state index is 0.0379. The van der Waals surface area contributed by atoms with Crippen LogP contribution >= 0.6 is 0 Å². The van der Waals surface area contributed by atoms with Gasteiger partial charge in [-0.15, -0.1) is 0 Å². The van der Waals surface area contributed by atoms with E-state index >= 15 is 0 Å². The molecule has 0 heterocycles. The maximum atomic E-state index is 11.8. The highest BCUT2D eigenvalue weighted by atomic mass is 16.4. The van der Waals surface area contributed by atoms with Crippen molar-refractivity contribution >= 4 is 11.9 Å². The molecule has 0 radical (unpaired) electrons. The summed E-state index contributed by atoms with van der Waals surface area (Å²) in [4.78, 5) is 22.5. The van der Waals surface area contributed by atoms with Crippen LogP contribution in [0.5, 0.6) is 0 Å². The van der Waals surface area contributed by atoms with Crippen molar-refractivity contribution in [1.29, 1.82) is 0 Å². The first-order valence-corrected chi connectivity index (χ1v) is 8.58. The molecule has 0 fully saturated rings. The maximum Gasteiger partial charge on any atom is 0.220 e. The second kappa shape index (κ2) is 11.5. The number of hydrogen-bond donors (Lipinski definition) is 1. The Hall–Kier alpha value is -1.10. The normalized spacial score (nSPS) is 12.9. The summed E-state index contributed by atoms with van der Waals surface area (Å²) in [5.74, 6) is -1.000. The van der Waals surface area contributed by atoms with Crippen LogP contribution in [0, 0.1) is 0 Å². The predicted octanol–water partition coefficient (Wildman–Crippen LogP) is 1.46. The average molecular weight is 314 g/mol.